The van der Waals surface area contributed by atoms with Gasteiger partial charge in [0.1, 0.15) is 19.3 Å². The van der Waals surface area contributed by atoms with Crippen LogP contribution in [0, 0.1) is 23.7 Å². The highest BCUT2D eigenvalue weighted by molar-refractivity contribution is 7.47. The zero-order valence-electron chi connectivity index (χ0n) is 51.7. The highest BCUT2D eigenvalue weighted by Crippen LogP contribution is 2.45. The van der Waals surface area contributed by atoms with Gasteiger partial charge in [0.2, 0.25) is 0 Å². The number of hydrogen-bond acceptors (Lipinski definition) is 15. The molecule has 0 heterocycles. The lowest BCUT2D eigenvalue weighted by Gasteiger charge is -2.21. The van der Waals surface area contributed by atoms with Crippen molar-refractivity contribution < 1.29 is 80.2 Å². The fourth-order valence-electron chi connectivity index (χ4n) is 8.87. The number of carbonyl (C=O) groups is 4. The third-order valence-electron chi connectivity index (χ3n) is 14.2. The van der Waals surface area contributed by atoms with Crippen molar-refractivity contribution in [2.24, 2.45) is 23.7 Å². The van der Waals surface area contributed by atoms with Crippen molar-refractivity contribution in [2.75, 3.05) is 39.6 Å². The van der Waals surface area contributed by atoms with E-state index in [2.05, 4.69) is 55.4 Å². The number of phosphoric ester groups is 2. The number of aliphatic hydroxyl groups excluding tert-OH is 1. The Kier molecular flexibility index (Phi) is 50.2. The van der Waals surface area contributed by atoms with E-state index < -0.39 is 97.5 Å². The summed E-state index contributed by atoms with van der Waals surface area (Å²) in [7, 11) is -9.88. The Hall–Kier alpha value is -1.94. The van der Waals surface area contributed by atoms with Crippen LogP contribution in [0.3, 0.4) is 0 Å². The predicted octanol–water partition coefficient (Wildman–Crippen LogP) is 16.2. The molecule has 0 aromatic heterocycles. The maximum atomic E-state index is 12.9. The van der Waals surface area contributed by atoms with Gasteiger partial charge in [-0.3, -0.25) is 37.3 Å². The topological polar surface area (TPSA) is 237 Å². The molecule has 80 heavy (non-hydrogen) atoms. The molecular formula is C61H118O17P2. The number of aliphatic hydroxyl groups is 1. The summed E-state index contributed by atoms with van der Waals surface area (Å²) >= 11 is 0. The van der Waals surface area contributed by atoms with Gasteiger partial charge in [0.15, 0.2) is 12.2 Å². The fraction of sp³-hybridized carbons (Fsp3) is 0.934. The van der Waals surface area contributed by atoms with E-state index >= 15 is 0 Å². The summed E-state index contributed by atoms with van der Waals surface area (Å²) in [5, 5.41) is 10.5. The molecule has 0 aliphatic heterocycles. The average Bonchev–Trinajstić information content (AvgIpc) is 3.40. The SMILES string of the molecule is CCC(C)CCCCCCCCC(=O)OC[C@H](COP(=O)(O)OCC(O)COP(=O)(O)OC[C@@H](COC(=O)CCCCCCCCCCC(C)C)OC(=O)CCCCCCCCC(C)C)OC(=O)CCCCCCCCCC(C)C. The standard InChI is InChI=1S/C61H118O17P2/c1-9-54(8)40-32-24-18-20-26-34-42-59(64)72-48-56(77-60(65)43-35-27-16-12-14-22-30-38-52(4)5)49-75-79(67,68)73-45-55(62)46-74-80(69,70)76-50-57(78-61(66)44-36-28-19-17-23-31-39-53(6)7)47-71-58(63)41-33-25-15-11-10-13-21-29-37-51(2)3/h51-57,62H,9-50H2,1-8H3,(H,67,68)(H,69,70)/t54?,55?,56-,57-/m1/s1. The van der Waals surface area contributed by atoms with Gasteiger partial charge in [-0.1, -0.05) is 235 Å². The molecule has 0 aliphatic carbocycles. The van der Waals surface area contributed by atoms with Crippen LogP contribution in [0.5, 0.6) is 0 Å². The molecule has 0 aromatic carbocycles. The molecule has 0 saturated heterocycles. The third-order valence-corrected chi connectivity index (χ3v) is 16.1. The summed E-state index contributed by atoms with van der Waals surface area (Å²) in [5.41, 5.74) is 0. The molecule has 6 atom stereocenters. The number of ether oxygens (including phenoxy) is 4. The van der Waals surface area contributed by atoms with Crippen molar-refractivity contribution >= 4 is 39.5 Å². The molecule has 0 aromatic rings. The van der Waals surface area contributed by atoms with Crippen molar-refractivity contribution in [3.05, 3.63) is 0 Å². The van der Waals surface area contributed by atoms with E-state index in [1.54, 1.807) is 0 Å². The monoisotopic (exact) mass is 1180 g/mol. The normalized spacial score (nSPS) is 14.9. The van der Waals surface area contributed by atoms with Crippen LogP contribution < -0.4 is 0 Å². The maximum absolute atomic E-state index is 12.9. The van der Waals surface area contributed by atoms with Crippen molar-refractivity contribution in [3.8, 4) is 0 Å². The van der Waals surface area contributed by atoms with Gasteiger partial charge in [-0.15, -0.1) is 0 Å². The largest absolute Gasteiger partial charge is 0.472 e. The van der Waals surface area contributed by atoms with Crippen LogP contribution in [0.1, 0.15) is 287 Å². The molecule has 0 spiro atoms. The zero-order chi connectivity index (χ0) is 59.7. The molecule has 3 N–H and O–H groups in total. The smallest absolute Gasteiger partial charge is 0.462 e. The first-order valence-electron chi connectivity index (χ1n) is 31.7. The number of hydrogen-bond donors (Lipinski definition) is 3. The van der Waals surface area contributed by atoms with Gasteiger partial charge in [0.05, 0.1) is 26.4 Å². The van der Waals surface area contributed by atoms with Crippen molar-refractivity contribution in [2.45, 2.75) is 305 Å². The molecule has 0 bridgehead atoms. The van der Waals surface area contributed by atoms with Gasteiger partial charge in [0.25, 0.3) is 0 Å². The van der Waals surface area contributed by atoms with E-state index in [0.717, 1.165) is 108 Å². The predicted molar refractivity (Wildman–Crippen MR) is 317 cm³/mol. The Morgan fingerprint density at radius 2 is 0.600 bits per heavy atom. The minimum Gasteiger partial charge on any atom is -0.462 e. The van der Waals surface area contributed by atoms with Crippen LogP contribution in [-0.2, 0) is 65.4 Å². The van der Waals surface area contributed by atoms with Crippen molar-refractivity contribution in [3.63, 3.8) is 0 Å². The Morgan fingerprint density at radius 3 is 0.887 bits per heavy atom. The zero-order valence-corrected chi connectivity index (χ0v) is 53.5. The maximum Gasteiger partial charge on any atom is 0.472 e. The minimum atomic E-state index is -4.94. The highest BCUT2D eigenvalue weighted by atomic mass is 31.2. The van der Waals surface area contributed by atoms with E-state index in [1.807, 2.05) is 0 Å². The van der Waals surface area contributed by atoms with E-state index in [1.165, 1.54) is 83.5 Å². The fourth-order valence-corrected chi connectivity index (χ4v) is 10.4. The van der Waals surface area contributed by atoms with E-state index in [9.17, 15) is 43.2 Å². The first-order valence-corrected chi connectivity index (χ1v) is 34.7. The number of carbonyl (C=O) groups excluding carboxylic acids is 4. The second-order valence-electron chi connectivity index (χ2n) is 23.8. The number of phosphoric acid groups is 2. The Bertz CT molecular complexity index is 1610. The van der Waals surface area contributed by atoms with E-state index in [-0.39, 0.29) is 25.7 Å². The van der Waals surface area contributed by atoms with Gasteiger partial charge >= 0.3 is 39.5 Å². The van der Waals surface area contributed by atoms with Gasteiger partial charge < -0.3 is 33.8 Å². The lowest BCUT2D eigenvalue weighted by molar-refractivity contribution is -0.161. The first-order chi connectivity index (χ1) is 38.1. The molecule has 0 saturated carbocycles. The minimum absolute atomic E-state index is 0.101. The second kappa shape index (κ2) is 51.5. The van der Waals surface area contributed by atoms with Crippen molar-refractivity contribution in [1.82, 2.24) is 0 Å². The average molecular weight is 1190 g/mol. The molecule has 0 aliphatic rings. The van der Waals surface area contributed by atoms with Crippen molar-refractivity contribution in [1.29, 1.82) is 0 Å². The van der Waals surface area contributed by atoms with Gasteiger partial charge in [0, 0.05) is 25.7 Å². The Balaban J connectivity index is 5.25. The van der Waals surface area contributed by atoms with Crippen LogP contribution in [-0.4, -0.2) is 96.7 Å². The summed E-state index contributed by atoms with van der Waals surface area (Å²) in [6, 6.07) is 0. The molecule has 19 heteroatoms. The molecule has 17 nitrogen and oxygen atoms in total. The van der Waals surface area contributed by atoms with E-state index in [4.69, 9.17) is 37.0 Å². The highest BCUT2D eigenvalue weighted by Gasteiger charge is 2.30. The summed E-state index contributed by atoms with van der Waals surface area (Å²) in [6.07, 6.45) is 29.7. The molecule has 0 fully saturated rings. The van der Waals surface area contributed by atoms with Gasteiger partial charge in [-0.05, 0) is 49.4 Å². The Morgan fingerprint density at radius 1 is 0.350 bits per heavy atom. The third kappa shape index (κ3) is 54.0. The molecular weight excluding hydrogens is 1070 g/mol. The molecule has 0 amide bonds. The van der Waals surface area contributed by atoms with Crippen LogP contribution >= 0.6 is 15.6 Å². The van der Waals surface area contributed by atoms with E-state index in [0.29, 0.717) is 37.5 Å². The van der Waals surface area contributed by atoms with Gasteiger partial charge in [-0.2, -0.15) is 0 Å². The molecule has 0 radical (unpaired) electrons. The molecule has 0 rings (SSSR count). The summed E-state index contributed by atoms with van der Waals surface area (Å²) in [5.74, 6) is 0.673. The van der Waals surface area contributed by atoms with Crippen LogP contribution in [0.4, 0.5) is 0 Å². The Labute approximate surface area is 486 Å². The lowest BCUT2D eigenvalue weighted by atomic mass is 10.00. The summed E-state index contributed by atoms with van der Waals surface area (Å²) in [4.78, 5) is 72.0. The summed E-state index contributed by atoms with van der Waals surface area (Å²) in [6.45, 7) is 13.8. The number of rotatable bonds is 58. The van der Waals surface area contributed by atoms with Crippen LogP contribution in [0.25, 0.3) is 0 Å². The quantitative estimate of drug-likeness (QED) is 0.0222. The molecule has 4 unspecified atom stereocenters. The first kappa shape index (κ1) is 78.1. The van der Waals surface area contributed by atoms with Crippen LogP contribution in [0.2, 0.25) is 0 Å². The lowest BCUT2D eigenvalue weighted by Crippen LogP contribution is -2.30. The number of esters is 4. The molecule has 474 valence electrons. The van der Waals surface area contributed by atoms with Gasteiger partial charge in [-0.25, -0.2) is 9.13 Å². The summed E-state index contributed by atoms with van der Waals surface area (Å²) < 4.78 is 67.8. The number of unbranched alkanes of at least 4 members (excludes halogenated alkanes) is 23. The second-order valence-corrected chi connectivity index (χ2v) is 26.7. The van der Waals surface area contributed by atoms with Crippen LogP contribution in [0.15, 0.2) is 0 Å².